The van der Waals surface area contributed by atoms with Crippen LogP contribution in [-0.4, -0.2) is 28.9 Å². The van der Waals surface area contributed by atoms with E-state index in [2.05, 4.69) is 11.1 Å². The predicted octanol–water partition coefficient (Wildman–Crippen LogP) is 1.84. The number of aromatic nitrogens is 1. The van der Waals surface area contributed by atoms with Gasteiger partial charge in [-0.05, 0) is 36.4 Å². The molecule has 0 spiro atoms. The average molecular weight is 286 g/mol. The maximum Gasteiger partial charge on any atom is 0.223 e. The normalized spacial score (nSPS) is 15.8. The molecular formula is C16H22N4O. The molecule has 0 aromatic carbocycles. The first-order valence-electron chi connectivity index (χ1n) is 7.43. The standard InChI is InChI=1S/C16H22N4O/c17-7-3-9-20(12-14-4-1-8-19-11-14)15(21)10-16(13-18)5-2-6-16/h1,4,8,11H,2-3,5-6,9-10,12-13,18H2. The third kappa shape index (κ3) is 4.02. The van der Waals surface area contributed by atoms with Crippen LogP contribution in [0, 0.1) is 16.7 Å². The van der Waals surface area contributed by atoms with Gasteiger partial charge in [0.15, 0.2) is 0 Å². The molecule has 0 atom stereocenters. The summed E-state index contributed by atoms with van der Waals surface area (Å²) in [6, 6.07) is 5.91. The number of carbonyl (C=O) groups excluding carboxylic acids is 1. The second-order valence-corrected chi connectivity index (χ2v) is 5.82. The molecule has 1 aliphatic rings. The van der Waals surface area contributed by atoms with E-state index < -0.39 is 0 Å². The Balaban J connectivity index is 2.01. The number of pyridine rings is 1. The van der Waals surface area contributed by atoms with Crippen LogP contribution in [0.25, 0.3) is 0 Å². The molecule has 2 N–H and O–H groups in total. The molecular weight excluding hydrogens is 264 g/mol. The summed E-state index contributed by atoms with van der Waals surface area (Å²) in [5.41, 5.74) is 6.82. The van der Waals surface area contributed by atoms with Crippen molar-refractivity contribution in [2.75, 3.05) is 13.1 Å². The Labute approximate surface area is 125 Å². The number of nitriles is 1. The van der Waals surface area contributed by atoms with E-state index in [9.17, 15) is 4.79 Å². The van der Waals surface area contributed by atoms with E-state index in [4.69, 9.17) is 11.0 Å². The fourth-order valence-corrected chi connectivity index (χ4v) is 2.75. The molecule has 1 aromatic rings. The van der Waals surface area contributed by atoms with E-state index >= 15 is 0 Å². The van der Waals surface area contributed by atoms with Gasteiger partial charge in [-0.15, -0.1) is 0 Å². The molecule has 1 fully saturated rings. The highest BCUT2D eigenvalue weighted by atomic mass is 16.2. The van der Waals surface area contributed by atoms with E-state index in [0.29, 0.717) is 32.5 Å². The molecule has 0 saturated heterocycles. The Bertz CT molecular complexity index is 499. The third-order valence-electron chi connectivity index (χ3n) is 4.32. The monoisotopic (exact) mass is 286 g/mol. The molecule has 1 aliphatic carbocycles. The van der Waals surface area contributed by atoms with Crippen molar-refractivity contribution in [2.45, 2.75) is 38.6 Å². The van der Waals surface area contributed by atoms with Crippen LogP contribution in [0.15, 0.2) is 24.5 Å². The van der Waals surface area contributed by atoms with Gasteiger partial charge in [0.25, 0.3) is 0 Å². The van der Waals surface area contributed by atoms with Crippen molar-refractivity contribution >= 4 is 5.91 Å². The molecule has 21 heavy (non-hydrogen) atoms. The van der Waals surface area contributed by atoms with Crippen molar-refractivity contribution in [3.63, 3.8) is 0 Å². The Morgan fingerprint density at radius 3 is 2.86 bits per heavy atom. The van der Waals surface area contributed by atoms with Gasteiger partial charge >= 0.3 is 0 Å². The van der Waals surface area contributed by atoms with Crippen molar-refractivity contribution in [3.8, 4) is 6.07 Å². The van der Waals surface area contributed by atoms with Gasteiger partial charge in [-0.3, -0.25) is 9.78 Å². The van der Waals surface area contributed by atoms with Crippen molar-refractivity contribution in [1.82, 2.24) is 9.88 Å². The largest absolute Gasteiger partial charge is 0.337 e. The highest BCUT2D eigenvalue weighted by Gasteiger charge is 2.38. The Kier molecular flexibility index (Phi) is 5.29. The lowest BCUT2D eigenvalue weighted by atomic mass is 9.66. The smallest absolute Gasteiger partial charge is 0.223 e. The van der Waals surface area contributed by atoms with Gasteiger partial charge in [0.2, 0.25) is 5.91 Å². The fraction of sp³-hybridized carbons (Fsp3) is 0.562. The van der Waals surface area contributed by atoms with Gasteiger partial charge in [-0.25, -0.2) is 0 Å². The van der Waals surface area contributed by atoms with E-state index in [0.717, 1.165) is 24.8 Å². The molecule has 112 valence electrons. The number of amides is 1. The molecule has 5 heteroatoms. The number of nitrogens with zero attached hydrogens (tertiary/aromatic N) is 3. The third-order valence-corrected chi connectivity index (χ3v) is 4.32. The van der Waals surface area contributed by atoms with Crippen LogP contribution < -0.4 is 5.73 Å². The molecule has 0 unspecified atom stereocenters. The topological polar surface area (TPSA) is 83.0 Å². The van der Waals surface area contributed by atoms with Gasteiger partial charge in [-0.1, -0.05) is 12.5 Å². The van der Waals surface area contributed by atoms with Gasteiger partial charge < -0.3 is 10.6 Å². The Morgan fingerprint density at radius 1 is 1.52 bits per heavy atom. The molecule has 0 aliphatic heterocycles. The second-order valence-electron chi connectivity index (χ2n) is 5.82. The van der Waals surface area contributed by atoms with E-state index in [1.807, 2.05) is 12.1 Å². The minimum atomic E-state index is -0.00306. The number of hydrogen-bond donors (Lipinski definition) is 1. The summed E-state index contributed by atoms with van der Waals surface area (Å²) in [7, 11) is 0. The predicted molar refractivity (Wildman–Crippen MR) is 79.8 cm³/mol. The minimum Gasteiger partial charge on any atom is -0.337 e. The zero-order chi connectivity index (χ0) is 15.1. The Hall–Kier alpha value is -1.93. The minimum absolute atomic E-state index is 0.00306. The highest BCUT2D eigenvalue weighted by molar-refractivity contribution is 5.77. The highest BCUT2D eigenvalue weighted by Crippen LogP contribution is 2.43. The summed E-state index contributed by atoms with van der Waals surface area (Å²) in [6.45, 7) is 1.54. The molecule has 1 aromatic heterocycles. The lowest BCUT2D eigenvalue weighted by molar-refractivity contribution is -0.135. The van der Waals surface area contributed by atoms with E-state index in [-0.39, 0.29) is 11.3 Å². The molecule has 1 saturated carbocycles. The maximum atomic E-state index is 12.6. The number of rotatable bonds is 7. The van der Waals surface area contributed by atoms with Gasteiger partial charge in [0.05, 0.1) is 12.5 Å². The first-order chi connectivity index (χ1) is 10.2. The Morgan fingerprint density at radius 2 is 2.33 bits per heavy atom. The van der Waals surface area contributed by atoms with Gasteiger partial charge in [0.1, 0.15) is 0 Å². The number of hydrogen-bond acceptors (Lipinski definition) is 4. The average Bonchev–Trinajstić information content (AvgIpc) is 2.48. The fourth-order valence-electron chi connectivity index (χ4n) is 2.75. The SMILES string of the molecule is N#CCCN(Cc1cccnc1)C(=O)CC1(CN)CCC1. The van der Waals surface area contributed by atoms with Crippen molar-refractivity contribution in [2.24, 2.45) is 11.1 Å². The second kappa shape index (κ2) is 7.19. The summed E-state index contributed by atoms with van der Waals surface area (Å²) >= 11 is 0. The summed E-state index contributed by atoms with van der Waals surface area (Å²) in [6.07, 6.45) is 7.54. The first kappa shape index (κ1) is 15.5. The van der Waals surface area contributed by atoms with Crippen LogP contribution in [-0.2, 0) is 11.3 Å². The van der Waals surface area contributed by atoms with Crippen LogP contribution in [0.3, 0.4) is 0 Å². The zero-order valence-electron chi connectivity index (χ0n) is 12.3. The summed E-state index contributed by atoms with van der Waals surface area (Å²) in [5, 5.41) is 8.78. The quantitative estimate of drug-likeness (QED) is 0.829. The van der Waals surface area contributed by atoms with Gasteiger partial charge in [0, 0.05) is 31.9 Å². The number of carbonyl (C=O) groups is 1. The van der Waals surface area contributed by atoms with Gasteiger partial charge in [-0.2, -0.15) is 5.26 Å². The summed E-state index contributed by atoms with van der Waals surface area (Å²) < 4.78 is 0. The van der Waals surface area contributed by atoms with Crippen LogP contribution in [0.4, 0.5) is 0 Å². The lowest BCUT2D eigenvalue weighted by Crippen LogP contribution is -2.43. The first-order valence-corrected chi connectivity index (χ1v) is 7.43. The van der Waals surface area contributed by atoms with Crippen molar-refractivity contribution in [1.29, 1.82) is 5.26 Å². The molecule has 5 nitrogen and oxygen atoms in total. The zero-order valence-corrected chi connectivity index (χ0v) is 12.3. The molecule has 0 radical (unpaired) electrons. The van der Waals surface area contributed by atoms with Crippen LogP contribution in [0.2, 0.25) is 0 Å². The van der Waals surface area contributed by atoms with Crippen molar-refractivity contribution < 1.29 is 4.79 Å². The molecule has 0 bridgehead atoms. The summed E-state index contributed by atoms with van der Waals surface area (Å²) in [5.74, 6) is 0.0965. The summed E-state index contributed by atoms with van der Waals surface area (Å²) in [4.78, 5) is 18.4. The molecule has 1 amide bonds. The van der Waals surface area contributed by atoms with Crippen molar-refractivity contribution in [3.05, 3.63) is 30.1 Å². The van der Waals surface area contributed by atoms with E-state index in [1.54, 1.807) is 17.3 Å². The van der Waals surface area contributed by atoms with E-state index in [1.165, 1.54) is 0 Å². The van der Waals surface area contributed by atoms with Crippen LogP contribution in [0.1, 0.15) is 37.7 Å². The molecule has 1 heterocycles. The van der Waals surface area contributed by atoms with Crippen LogP contribution >= 0.6 is 0 Å². The van der Waals surface area contributed by atoms with Crippen LogP contribution in [0.5, 0.6) is 0 Å². The number of nitrogens with two attached hydrogens (primary N) is 1. The lowest BCUT2D eigenvalue weighted by Gasteiger charge is -2.41. The maximum absolute atomic E-state index is 12.6. The molecule has 2 rings (SSSR count).